The maximum absolute atomic E-state index is 13.5. The molecule has 1 heterocycles. The first kappa shape index (κ1) is 13.5. The Bertz CT molecular complexity index is 533. The summed E-state index contributed by atoms with van der Waals surface area (Å²) in [5.41, 5.74) is 7.13. The van der Waals surface area contributed by atoms with E-state index in [0.29, 0.717) is 18.5 Å². The Morgan fingerprint density at radius 3 is 2.80 bits per heavy atom. The quantitative estimate of drug-likeness (QED) is 0.921. The monoisotopic (exact) mass is 273 g/mol. The van der Waals surface area contributed by atoms with Crippen LogP contribution in [-0.4, -0.2) is 24.0 Å². The molecular weight excluding hydrogens is 253 g/mol. The van der Waals surface area contributed by atoms with Crippen molar-refractivity contribution in [1.29, 1.82) is 5.26 Å². The molecule has 1 saturated carbocycles. The van der Waals surface area contributed by atoms with E-state index in [2.05, 4.69) is 4.90 Å². The molecule has 106 valence electrons. The Hall–Kier alpha value is -1.44. The molecule has 3 nitrogen and oxygen atoms in total. The van der Waals surface area contributed by atoms with Gasteiger partial charge in [-0.05, 0) is 62.4 Å². The fourth-order valence-electron chi connectivity index (χ4n) is 3.44. The second-order valence-corrected chi connectivity index (χ2v) is 5.90. The van der Waals surface area contributed by atoms with Crippen LogP contribution in [0.25, 0.3) is 0 Å². The molecule has 3 rings (SSSR count). The number of benzene rings is 1. The average molecular weight is 273 g/mol. The molecule has 2 atom stereocenters. The van der Waals surface area contributed by atoms with E-state index in [1.165, 1.54) is 25.3 Å². The molecule has 0 amide bonds. The third-order valence-electron chi connectivity index (χ3n) is 4.57. The summed E-state index contributed by atoms with van der Waals surface area (Å²) in [5.74, 6) is -0.0318. The van der Waals surface area contributed by atoms with Crippen molar-refractivity contribution in [3.8, 4) is 6.07 Å². The Morgan fingerprint density at radius 2 is 2.15 bits per heavy atom. The van der Waals surface area contributed by atoms with E-state index in [4.69, 9.17) is 11.0 Å². The van der Waals surface area contributed by atoms with Crippen molar-refractivity contribution in [3.05, 3.63) is 35.1 Å². The highest BCUT2D eigenvalue weighted by atomic mass is 19.1. The number of hydrogen-bond donors (Lipinski definition) is 1. The highest BCUT2D eigenvalue weighted by molar-refractivity contribution is 5.36. The predicted molar refractivity (Wildman–Crippen MR) is 75.4 cm³/mol. The molecule has 2 fully saturated rings. The lowest BCUT2D eigenvalue weighted by Crippen LogP contribution is -2.42. The SMILES string of the molecule is N#Cc1cc(C2C(CN)CCCN2C2CC2)ccc1F. The van der Waals surface area contributed by atoms with Gasteiger partial charge in [0.05, 0.1) is 5.56 Å². The first-order valence-corrected chi connectivity index (χ1v) is 7.40. The number of nitrogens with two attached hydrogens (primary N) is 1. The molecule has 2 unspecified atom stereocenters. The second kappa shape index (κ2) is 5.51. The summed E-state index contributed by atoms with van der Waals surface area (Å²) in [6, 6.07) is 7.80. The van der Waals surface area contributed by atoms with E-state index in [1.807, 2.05) is 12.1 Å². The van der Waals surface area contributed by atoms with Crippen LogP contribution in [0.1, 0.15) is 42.9 Å². The van der Waals surface area contributed by atoms with Gasteiger partial charge in [-0.25, -0.2) is 4.39 Å². The average Bonchev–Trinajstić information content (AvgIpc) is 3.31. The highest BCUT2D eigenvalue weighted by Gasteiger charge is 2.40. The van der Waals surface area contributed by atoms with Crippen LogP contribution in [-0.2, 0) is 0 Å². The molecule has 1 saturated heterocycles. The lowest BCUT2D eigenvalue weighted by atomic mass is 9.84. The van der Waals surface area contributed by atoms with Crippen molar-refractivity contribution in [2.45, 2.75) is 37.8 Å². The smallest absolute Gasteiger partial charge is 0.140 e. The van der Waals surface area contributed by atoms with Crippen LogP contribution in [0.3, 0.4) is 0 Å². The van der Waals surface area contributed by atoms with Gasteiger partial charge < -0.3 is 5.73 Å². The van der Waals surface area contributed by atoms with E-state index < -0.39 is 5.82 Å². The first-order valence-electron chi connectivity index (χ1n) is 7.40. The summed E-state index contributed by atoms with van der Waals surface area (Å²) < 4.78 is 13.5. The molecule has 2 N–H and O–H groups in total. The van der Waals surface area contributed by atoms with E-state index in [1.54, 1.807) is 6.07 Å². The fraction of sp³-hybridized carbons (Fsp3) is 0.562. The van der Waals surface area contributed by atoms with Crippen molar-refractivity contribution in [1.82, 2.24) is 4.90 Å². The summed E-state index contributed by atoms with van der Waals surface area (Å²) in [4.78, 5) is 2.52. The standard InChI is InChI=1S/C16H20FN3/c17-15-6-3-11(8-13(15)10-19)16-12(9-18)2-1-7-20(16)14-4-5-14/h3,6,8,12,14,16H,1-2,4-5,7,9,18H2. The van der Waals surface area contributed by atoms with Gasteiger partial charge in [-0.3, -0.25) is 4.90 Å². The molecule has 1 aliphatic heterocycles. The minimum atomic E-state index is -0.436. The van der Waals surface area contributed by atoms with Crippen molar-refractivity contribution in [2.24, 2.45) is 11.7 Å². The predicted octanol–water partition coefficient (Wildman–Crippen LogP) is 2.57. The lowest BCUT2D eigenvalue weighted by Gasteiger charge is -2.41. The third kappa shape index (κ3) is 2.44. The van der Waals surface area contributed by atoms with Crippen molar-refractivity contribution < 1.29 is 4.39 Å². The van der Waals surface area contributed by atoms with Crippen LogP contribution in [0.4, 0.5) is 4.39 Å². The zero-order valence-electron chi connectivity index (χ0n) is 11.6. The maximum atomic E-state index is 13.5. The molecular formula is C16H20FN3. The van der Waals surface area contributed by atoms with E-state index in [9.17, 15) is 4.39 Å². The number of likely N-dealkylation sites (tertiary alicyclic amines) is 1. The van der Waals surface area contributed by atoms with Gasteiger partial charge in [0.1, 0.15) is 11.9 Å². The fourth-order valence-corrected chi connectivity index (χ4v) is 3.44. The van der Waals surface area contributed by atoms with Gasteiger partial charge in [-0.1, -0.05) is 6.07 Å². The molecule has 0 aromatic heterocycles. The van der Waals surface area contributed by atoms with Crippen LogP contribution in [0.15, 0.2) is 18.2 Å². The van der Waals surface area contributed by atoms with Crippen LogP contribution in [0, 0.1) is 23.1 Å². The molecule has 1 aromatic carbocycles. The molecule has 0 spiro atoms. The van der Waals surface area contributed by atoms with E-state index in [0.717, 1.165) is 18.5 Å². The Morgan fingerprint density at radius 1 is 1.35 bits per heavy atom. The first-order chi connectivity index (χ1) is 9.74. The van der Waals surface area contributed by atoms with Crippen LogP contribution >= 0.6 is 0 Å². The molecule has 0 radical (unpaired) electrons. The summed E-state index contributed by atoms with van der Waals surface area (Å²) in [5, 5.41) is 9.02. The molecule has 20 heavy (non-hydrogen) atoms. The van der Waals surface area contributed by atoms with Crippen LogP contribution in [0.2, 0.25) is 0 Å². The number of piperidine rings is 1. The van der Waals surface area contributed by atoms with Crippen LogP contribution in [0.5, 0.6) is 0 Å². The number of rotatable bonds is 3. The van der Waals surface area contributed by atoms with Gasteiger partial charge in [0.15, 0.2) is 0 Å². The van der Waals surface area contributed by atoms with Gasteiger partial charge in [0.25, 0.3) is 0 Å². The Balaban J connectivity index is 1.96. The van der Waals surface area contributed by atoms with Crippen molar-refractivity contribution in [2.75, 3.05) is 13.1 Å². The van der Waals surface area contributed by atoms with Gasteiger partial charge in [0.2, 0.25) is 0 Å². The van der Waals surface area contributed by atoms with Gasteiger partial charge in [-0.2, -0.15) is 5.26 Å². The topological polar surface area (TPSA) is 53.1 Å². The van der Waals surface area contributed by atoms with Gasteiger partial charge >= 0.3 is 0 Å². The highest BCUT2D eigenvalue weighted by Crippen LogP contribution is 2.42. The van der Waals surface area contributed by atoms with Gasteiger partial charge in [-0.15, -0.1) is 0 Å². The van der Waals surface area contributed by atoms with E-state index in [-0.39, 0.29) is 11.6 Å². The molecule has 1 aliphatic carbocycles. The molecule has 0 bridgehead atoms. The lowest BCUT2D eigenvalue weighted by molar-refractivity contribution is 0.0879. The number of halogens is 1. The minimum Gasteiger partial charge on any atom is -0.330 e. The normalized spacial score (nSPS) is 27.2. The molecule has 2 aliphatic rings. The van der Waals surface area contributed by atoms with E-state index >= 15 is 0 Å². The third-order valence-corrected chi connectivity index (χ3v) is 4.57. The Labute approximate surface area is 119 Å². The summed E-state index contributed by atoms with van der Waals surface area (Å²) in [6.45, 7) is 1.73. The van der Waals surface area contributed by atoms with Crippen molar-refractivity contribution >= 4 is 0 Å². The zero-order valence-corrected chi connectivity index (χ0v) is 11.6. The number of nitriles is 1. The summed E-state index contributed by atoms with van der Waals surface area (Å²) in [7, 11) is 0. The second-order valence-electron chi connectivity index (χ2n) is 5.90. The molecule has 1 aromatic rings. The summed E-state index contributed by atoms with van der Waals surface area (Å²) >= 11 is 0. The van der Waals surface area contributed by atoms with Crippen molar-refractivity contribution in [3.63, 3.8) is 0 Å². The molecule has 4 heteroatoms. The number of nitrogens with zero attached hydrogens (tertiary/aromatic N) is 2. The maximum Gasteiger partial charge on any atom is 0.140 e. The largest absolute Gasteiger partial charge is 0.330 e. The Kier molecular flexibility index (Phi) is 3.73. The summed E-state index contributed by atoms with van der Waals surface area (Å²) in [6.07, 6.45) is 4.80. The minimum absolute atomic E-state index is 0.139. The van der Waals surface area contributed by atoms with Gasteiger partial charge in [0, 0.05) is 12.1 Å². The van der Waals surface area contributed by atoms with Crippen LogP contribution < -0.4 is 5.73 Å². The number of hydrogen-bond acceptors (Lipinski definition) is 3. The zero-order chi connectivity index (χ0) is 14.1.